The Kier molecular flexibility index (Phi) is 4.05. The summed E-state index contributed by atoms with van der Waals surface area (Å²) in [6.07, 6.45) is 6.12. The zero-order valence-corrected chi connectivity index (χ0v) is 13.6. The minimum absolute atomic E-state index is 0.607. The standard InChI is InChI=1S/C15H21N5S/c1-11-10-17-14(21-11)12-5-8-20(9-6-12)13-4-7-16-15(18-13)19(2)3/h4,7,10,12H,5-6,8-9H2,1-3H3. The second-order valence-corrected chi connectivity index (χ2v) is 6.95. The van der Waals surface area contributed by atoms with E-state index >= 15 is 0 Å². The van der Waals surface area contributed by atoms with E-state index in [4.69, 9.17) is 0 Å². The maximum Gasteiger partial charge on any atom is 0.226 e. The van der Waals surface area contributed by atoms with E-state index in [-0.39, 0.29) is 0 Å². The molecule has 0 aromatic carbocycles. The van der Waals surface area contributed by atoms with Gasteiger partial charge in [0.1, 0.15) is 5.82 Å². The van der Waals surface area contributed by atoms with E-state index in [2.05, 4.69) is 26.8 Å². The summed E-state index contributed by atoms with van der Waals surface area (Å²) in [5.41, 5.74) is 0. The van der Waals surface area contributed by atoms with E-state index in [0.717, 1.165) is 37.7 Å². The van der Waals surface area contributed by atoms with Gasteiger partial charge in [0.2, 0.25) is 5.95 Å². The van der Waals surface area contributed by atoms with Gasteiger partial charge >= 0.3 is 0 Å². The molecule has 21 heavy (non-hydrogen) atoms. The van der Waals surface area contributed by atoms with Gasteiger partial charge in [-0.05, 0) is 25.8 Å². The third-order valence-corrected chi connectivity index (χ3v) is 4.91. The van der Waals surface area contributed by atoms with Crippen LogP contribution in [0.15, 0.2) is 18.5 Å². The SMILES string of the molecule is Cc1cnc(C2CCN(c3ccnc(N(C)C)n3)CC2)s1. The second-order valence-electron chi connectivity index (χ2n) is 5.68. The fraction of sp³-hybridized carbons (Fsp3) is 0.533. The topological polar surface area (TPSA) is 45.2 Å². The van der Waals surface area contributed by atoms with Gasteiger partial charge in [-0.1, -0.05) is 0 Å². The molecule has 1 fully saturated rings. The number of hydrogen-bond acceptors (Lipinski definition) is 6. The summed E-state index contributed by atoms with van der Waals surface area (Å²) in [6.45, 7) is 4.19. The highest BCUT2D eigenvalue weighted by Crippen LogP contribution is 2.32. The van der Waals surface area contributed by atoms with E-state index in [1.54, 1.807) is 0 Å². The lowest BCUT2D eigenvalue weighted by Gasteiger charge is -2.32. The van der Waals surface area contributed by atoms with Crippen LogP contribution in [0.3, 0.4) is 0 Å². The average Bonchev–Trinajstić information content (AvgIpc) is 2.94. The summed E-state index contributed by atoms with van der Waals surface area (Å²) in [5, 5.41) is 1.30. The van der Waals surface area contributed by atoms with Gasteiger partial charge in [-0.15, -0.1) is 11.3 Å². The predicted molar refractivity (Wildman–Crippen MR) is 87.4 cm³/mol. The monoisotopic (exact) mass is 303 g/mol. The number of piperidine rings is 1. The van der Waals surface area contributed by atoms with Crippen LogP contribution < -0.4 is 9.80 Å². The number of nitrogens with zero attached hydrogens (tertiary/aromatic N) is 5. The van der Waals surface area contributed by atoms with Gasteiger partial charge in [-0.25, -0.2) is 9.97 Å². The minimum atomic E-state index is 0.607. The summed E-state index contributed by atoms with van der Waals surface area (Å²) >= 11 is 1.84. The molecule has 0 aliphatic carbocycles. The van der Waals surface area contributed by atoms with E-state index in [1.807, 2.05) is 48.8 Å². The van der Waals surface area contributed by atoms with Crippen molar-refractivity contribution in [3.8, 4) is 0 Å². The lowest BCUT2D eigenvalue weighted by molar-refractivity contribution is 0.501. The van der Waals surface area contributed by atoms with Crippen molar-refractivity contribution in [2.45, 2.75) is 25.7 Å². The quantitative estimate of drug-likeness (QED) is 0.872. The molecule has 0 amide bonds. The Labute approximate surface area is 129 Å². The lowest BCUT2D eigenvalue weighted by Crippen LogP contribution is -2.33. The van der Waals surface area contributed by atoms with Gasteiger partial charge in [-0.2, -0.15) is 4.98 Å². The van der Waals surface area contributed by atoms with Crippen molar-refractivity contribution < 1.29 is 0 Å². The molecule has 6 heteroatoms. The number of aromatic nitrogens is 3. The Morgan fingerprint density at radius 3 is 2.62 bits per heavy atom. The van der Waals surface area contributed by atoms with Crippen LogP contribution >= 0.6 is 11.3 Å². The number of rotatable bonds is 3. The molecule has 0 bridgehead atoms. The summed E-state index contributed by atoms with van der Waals surface area (Å²) < 4.78 is 0. The van der Waals surface area contributed by atoms with Crippen LogP contribution in [0.25, 0.3) is 0 Å². The Balaban J connectivity index is 1.67. The van der Waals surface area contributed by atoms with Gasteiger partial charge in [0.15, 0.2) is 0 Å². The summed E-state index contributed by atoms with van der Waals surface area (Å²) in [6, 6.07) is 2.00. The summed E-state index contributed by atoms with van der Waals surface area (Å²) in [5.74, 6) is 2.41. The third kappa shape index (κ3) is 3.15. The van der Waals surface area contributed by atoms with E-state index < -0.39 is 0 Å². The molecule has 5 nitrogen and oxygen atoms in total. The minimum Gasteiger partial charge on any atom is -0.356 e. The maximum absolute atomic E-state index is 4.63. The highest BCUT2D eigenvalue weighted by Gasteiger charge is 2.23. The molecule has 112 valence electrons. The van der Waals surface area contributed by atoms with Crippen LogP contribution in [0.4, 0.5) is 11.8 Å². The molecule has 2 aromatic heterocycles. The van der Waals surface area contributed by atoms with Crippen LogP contribution in [0.5, 0.6) is 0 Å². The third-order valence-electron chi connectivity index (χ3n) is 3.84. The van der Waals surface area contributed by atoms with Gasteiger partial charge in [0, 0.05) is 50.4 Å². The first-order chi connectivity index (χ1) is 10.1. The maximum atomic E-state index is 4.63. The van der Waals surface area contributed by atoms with Crippen molar-refractivity contribution in [3.05, 3.63) is 28.3 Å². The summed E-state index contributed by atoms with van der Waals surface area (Å²) in [4.78, 5) is 19.0. The fourth-order valence-corrected chi connectivity index (χ4v) is 3.59. The smallest absolute Gasteiger partial charge is 0.226 e. The molecule has 0 saturated carbocycles. The van der Waals surface area contributed by atoms with Crippen molar-refractivity contribution in [1.82, 2.24) is 15.0 Å². The van der Waals surface area contributed by atoms with Gasteiger partial charge in [-0.3, -0.25) is 0 Å². The van der Waals surface area contributed by atoms with Crippen LogP contribution in [0.1, 0.15) is 28.6 Å². The predicted octanol–water partition coefficient (Wildman–Crippen LogP) is 2.69. The Hall–Kier alpha value is -1.69. The van der Waals surface area contributed by atoms with Crippen molar-refractivity contribution in [2.75, 3.05) is 37.0 Å². The number of thiazole rings is 1. The Bertz CT molecular complexity index is 602. The molecule has 0 unspecified atom stereocenters. The van der Waals surface area contributed by atoms with Gasteiger partial charge in [0.05, 0.1) is 5.01 Å². The molecule has 1 saturated heterocycles. The number of aryl methyl sites for hydroxylation is 1. The number of hydrogen-bond donors (Lipinski definition) is 0. The highest BCUT2D eigenvalue weighted by atomic mass is 32.1. The van der Waals surface area contributed by atoms with E-state index in [1.165, 1.54) is 9.88 Å². The van der Waals surface area contributed by atoms with Crippen molar-refractivity contribution in [1.29, 1.82) is 0 Å². The molecule has 2 aromatic rings. The molecular weight excluding hydrogens is 282 g/mol. The van der Waals surface area contributed by atoms with Gasteiger partial charge < -0.3 is 9.80 Å². The van der Waals surface area contributed by atoms with E-state index in [0.29, 0.717) is 5.92 Å². The lowest BCUT2D eigenvalue weighted by atomic mass is 9.97. The van der Waals surface area contributed by atoms with Crippen LogP contribution in [0.2, 0.25) is 0 Å². The molecule has 0 atom stereocenters. The van der Waals surface area contributed by atoms with Crippen molar-refractivity contribution >= 4 is 23.1 Å². The normalized spacial score (nSPS) is 16.2. The first kappa shape index (κ1) is 14.3. The molecule has 0 radical (unpaired) electrons. The molecule has 3 heterocycles. The first-order valence-corrected chi connectivity index (χ1v) is 8.13. The molecular formula is C15H21N5S. The largest absolute Gasteiger partial charge is 0.356 e. The van der Waals surface area contributed by atoms with Crippen LogP contribution in [-0.4, -0.2) is 42.1 Å². The number of anilines is 2. The molecule has 0 spiro atoms. The molecule has 0 N–H and O–H groups in total. The van der Waals surface area contributed by atoms with Crippen molar-refractivity contribution in [3.63, 3.8) is 0 Å². The molecule has 1 aliphatic rings. The van der Waals surface area contributed by atoms with Crippen LogP contribution in [0, 0.1) is 6.92 Å². The van der Waals surface area contributed by atoms with Crippen molar-refractivity contribution in [2.24, 2.45) is 0 Å². The zero-order chi connectivity index (χ0) is 14.8. The fourth-order valence-electron chi connectivity index (χ4n) is 2.65. The second kappa shape index (κ2) is 5.97. The first-order valence-electron chi connectivity index (χ1n) is 7.31. The Morgan fingerprint density at radius 1 is 1.24 bits per heavy atom. The highest BCUT2D eigenvalue weighted by molar-refractivity contribution is 7.11. The average molecular weight is 303 g/mol. The van der Waals surface area contributed by atoms with E-state index in [9.17, 15) is 0 Å². The molecule has 1 aliphatic heterocycles. The molecule has 3 rings (SSSR count). The Morgan fingerprint density at radius 2 is 2.00 bits per heavy atom. The van der Waals surface area contributed by atoms with Gasteiger partial charge in [0.25, 0.3) is 0 Å². The summed E-state index contributed by atoms with van der Waals surface area (Å²) in [7, 11) is 3.94. The zero-order valence-electron chi connectivity index (χ0n) is 12.8. The van der Waals surface area contributed by atoms with Crippen LogP contribution in [-0.2, 0) is 0 Å².